The van der Waals surface area contributed by atoms with Gasteiger partial charge in [0.2, 0.25) is 0 Å². The highest BCUT2D eigenvalue weighted by Crippen LogP contribution is 2.03. The van der Waals surface area contributed by atoms with Crippen LogP contribution < -0.4 is 0 Å². The van der Waals surface area contributed by atoms with Crippen molar-refractivity contribution < 1.29 is 0 Å². The Balaban J connectivity index is 2.30. The zero-order valence-electron chi connectivity index (χ0n) is 7.58. The molecule has 0 saturated carbocycles. The molecule has 0 heterocycles. The highest BCUT2D eigenvalue weighted by molar-refractivity contribution is 5.04. The van der Waals surface area contributed by atoms with Gasteiger partial charge in [0.05, 0.1) is 0 Å². The molecule has 0 spiro atoms. The van der Waals surface area contributed by atoms with E-state index in [0.717, 1.165) is 12.8 Å². The lowest BCUT2D eigenvalue weighted by atomic mass is 10.1. The van der Waals surface area contributed by atoms with Gasteiger partial charge in [-0.25, -0.2) is 0 Å². The van der Waals surface area contributed by atoms with Gasteiger partial charge in [0.15, 0.2) is 0 Å². The van der Waals surface area contributed by atoms with Crippen LogP contribution in [0.5, 0.6) is 0 Å². The maximum atomic E-state index is 2.29. The smallest absolute Gasteiger partial charge is 0.0311 e. The number of hydrogen-bond acceptors (Lipinski definition) is 0. The third-order valence-corrected chi connectivity index (χ3v) is 1.90. The van der Waals surface area contributed by atoms with Crippen molar-refractivity contribution in [2.75, 3.05) is 0 Å². The lowest BCUT2D eigenvalue weighted by molar-refractivity contribution is 0.864. The molecule has 0 aromatic carbocycles. The summed E-state index contributed by atoms with van der Waals surface area (Å²) in [5, 5.41) is 0. The summed E-state index contributed by atoms with van der Waals surface area (Å²) in [7, 11) is 0. The van der Waals surface area contributed by atoms with E-state index < -0.39 is 0 Å². The Morgan fingerprint density at radius 2 is 1.42 bits per heavy atom. The number of allylic oxidation sites excluding steroid dienone is 6. The molecule has 1 aliphatic carbocycles. The lowest BCUT2D eigenvalue weighted by Crippen LogP contribution is -1.74. The van der Waals surface area contributed by atoms with Crippen LogP contribution in [0, 0.1) is 6.42 Å². The summed E-state index contributed by atoms with van der Waals surface area (Å²) < 4.78 is 0. The second-order valence-electron chi connectivity index (χ2n) is 3.02. The van der Waals surface area contributed by atoms with Crippen LogP contribution in [0.2, 0.25) is 0 Å². The molecular formula is C12H17. The normalized spacial score (nSPS) is 28.0. The van der Waals surface area contributed by atoms with Gasteiger partial charge in [0.25, 0.3) is 0 Å². The van der Waals surface area contributed by atoms with Gasteiger partial charge in [-0.2, -0.15) is 0 Å². The molecule has 0 aromatic rings. The maximum absolute atomic E-state index is 2.29. The van der Waals surface area contributed by atoms with Crippen molar-refractivity contribution >= 4 is 0 Å². The molecule has 0 amide bonds. The lowest BCUT2D eigenvalue weighted by Gasteiger charge is -1.93. The molecule has 65 valence electrons. The molecule has 0 aromatic heterocycles. The Morgan fingerprint density at radius 3 is 2.42 bits per heavy atom. The minimum absolute atomic E-state index is 1.09. The first-order chi connectivity index (χ1) is 6.00. The highest BCUT2D eigenvalue weighted by Gasteiger charge is 1.83. The molecule has 1 radical (unpaired) electrons. The van der Waals surface area contributed by atoms with Crippen LogP contribution in [0.1, 0.15) is 32.1 Å². The van der Waals surface area contributed by atoms with Crippen LogP contribution in [0.15, 0.2) is 36.5 Å². The molecule has 0 heteroatoms. The van der Waals surface area contributed by atoms with Crippen LogP contribution >= 0.6 is 0 Å². The van der Waals surface area contributed by atoms with E-state index in [1.54, 1.807) is 0 Å². The van der Waals surface area contributed by atoms with Crippen molar-refractivity contribution in [3.63, 3.8) is 0 Å². The zero-order chi connectivity index (χ0) is 8.49. The van der Waals surface area contributed by atoms with Crippen molar-refractivity contribution in [1.29, 1.82) is 0 Å². The molecule has 0 unspecified atom stereocenters. The molecule has 0 bridgehead atoms. The van der Waals surface area contributed by atoms with E-state index >= 15 is 0 Å². The molecule has 0 fully saturated rings. The average molecular weight is 161 g/mol. The highest BCUT2D eigenvalue weighted by atomic mass is 13.9. The monoisotopic (exact) mass is 161 g/mol. The molecule has 0 nitrogen and oxygen atoms in total. The quantitative estimate of drug-likeness (QED) is 0.474. The minimum atomic E-state index is 1.09. The molecule has 1 rings (SSSR count). The molecule has 0 atom stereocenters. The van der Waals surface area contributed by atoms with E-state index in [-0.39, 0.29) is 0 Å². The predicted octanol–water partition coefficient (Wildman–Crippen LogP) is 3.82. The van der Waals surface area contributed by atoms with Crippen LogP contribution in [-0.2, 0) is 0 Å². The second-order valence-corrected chi connectivity index (χ2v) is 3.02. The van der Waals surface area contributed by atoms with Crippen molar-refractivity contribution in [2.45, 2.75) is 32.1 Å². The SMILES string of the molecule is [CH]1C/C=C\CCC/C=C\C=C\C1. The van der Waals surface area contributed by atoms with Crippen LogP contribution in [0.3, 0.4) is 0 Å². The van der Waals surface area contributed by atoms with Crippen molar-refractivity contribution in [2.24, 2.45) is 0 Å². The second kappa shape index (κ2) is 6.90. The Hall–Kier alpha value is -0.780. The average Bonchev–Trinajstić information content (AvgIpc) is 2.05. The van der Waals surface area contributed by atoms with E-state index in [4.69, 9.17) is 0 Å². The van der Waals surface area contributed by atoms with Gasteiger partial charge in [-0.15, -0.1) is 0 Å². The van der Waals surface area contributed by atoms with Gasteiger partial charge in [-0.05, 0) is 38.5 Å². The predicted molar refractivity (Wildman–Crippen MR) is 54.8 cm³/mol. The molecule has 12 heavy (non-hydrogen) atoms. The van der Waals surface area contributed by atoms with E-state index in [2.05, 4.69) is 42.9 Å². The van der Waals surface area contributed by atoms with E-state index in [1.165, 1.54) is 19.3 Å². The third-order valence-electron chi connectivity index (χ3n) is 1.90. The first-order valence-electron chi connectivity index (χ1n) is 4.78. The maximum Gasteiger partial charge on any atom is -0.0311 e. The van der Waals surface area contributed by atoms with Crippen molar-refractivity contribution in [1.82, 2.24) is 0 Å². The molecule has 1 aliphatic rings. The van der Waals surface area contributed by atoms with Gasteiger partial charge >= 0.3 is 0 Å². The summed E-state index contributed by atoms with van der Waals surface area (Å²) in [5.41, 5.74) is 0. The fourth-order valence-corrected chi connectivity index (χ4v) is 1.19. The minimum Gasteiger partial charge on any atom is -0.0885 e. The van der Waals surface area contributed by atoms with Gasteiger partial charge in [0.1, 0.15) is 0 Å². The van der Waals surface area contributed by atoms with E-state index in [0.29, 0.717) is 0 Å². The van der Waals surface area contributed by atoms with Crippen LogP contribution in [0.4, 0.5) is 0 Å². The Kier molecular flexibility index (Phi) is 5.35. The Labute approximate surface area is 75.7 Å². The number of hydrogen-bond donors (Lipinski definition) is 0. The topological polar surface area (TPSA) is 0 Å². The third kappa shape index (κ3) is 4.95. The van der Waals surface area contributed by atoms with Gasteiger partial charge < -0.3 is 0 Å². The molecular weight excluding hydrogens is 144 g/mol. The fraction of sp³-hybridized carbons (Fsp3) is 0.417. The van der Waals surface area contributed by atoms with Gasteiger partial charge in [0, 0.05) is 0 Å². The van der Waals surface area contributed by atoms with Crippen LogP contribution in [-0.4, -0.2) is 0 Å². The molecule has 0 N–H and O–H groups in total. The van der Waals surface area contributed by atoms with E-state index in [1.807, 2.05) is 0 Å². The van der Waals surface area contributed by atoms with Crippen LogP contribution in [0.25, 0.3) is 0 Å². The first kappa shape index (κ1) is 9.31. The van der Waals surface area contributed by atoms with Gasteiger partial charge in [-0.3, -0.25) is 0 Å². The zero-order valence-corrected chi connectivity index (χ0v) is 7.58. The Bertz CT molecular complexity index is 152. The standard InChI is InChI=1S/C12H17/c1-2-4-6-8-10-12-11-9-7-5-3-1/h1-4,7,11-12H,5-6,8-10H2/b3-1+,4-2-,12-11-. The van der Waals surface area contributed by atoms with Crippen molar-refractivity contribution in [3.8, 4) is 0 Å². The molecule has 0 aliphatic heterocycles. The first-order valence-corrected chi connectivity index (χ1v) is 4.78. The summed E-state index contributed by atoms with van der Waals surface area (Å²) >= 11 is 0. The largest absolute Gasteiger partial charge is 0.0885 e. The summed E-state index contributed by atoms with van der Waals surface area (Å²) in [5.74, 6) is 0. The molecule has 0 saturated heterocycles. The fourth-order valence-electron chi connectivity index (χ4n) is 1.19. The van der Waals surface area contributed by atoms with E-state index in [9.17, 15) is 0 Å². The van der Waals surface area contributed by atoms with Crippen molar-refractivity contribution in [3.05, 3.63) is 42.9 Å². The summed E-state index contributed by atoms with van der Waals surface area (Å²) in [6.07, 6.45) is 21.5. The summed E-state index contributed by atoms with van der Waals surface area (Å²) in [6.45, 7) is 0. The Morgan fingerprint density at radius 1 is 0.667 bits per heavy atom. The number of rotatable bonds is 0. The summed E-state index contributed by atoms with van der Waals surface area (Å²) in [4.78, 5) is 0. The summed E-state index contributed by atoms with van der Waals surface area (Å²) in [6, 6.07) is 0. The van der Waals surface area contributed by atoms with Gasteiger partial charge in [-0.1, -0.05) is 36.5 Å².